The highest BCUT2D eigenvalue weighted by Gasteiger charge is 2.28. The summed E-state index contributed by atoms with van der Waals surface area (Å²) in [4.78, 5) is 14.8. The van der Waals surface area contributed by atoms with Crippen LogP contribution in [0.2, 0.25) is 0 Å². The van der Waals surface area contributed by atoms with Gasteiger partial charge in [-0.15, -0.1) is 12.4 Å². The number of hydrogen-bond donors (Lipinski definition) is 1. The first kappa shape index (κ1) is 18.3. The van der Waals surface area contributed by atoms with E-state index >= 15 is 0 Å². The van der Waals surface area contributed by atoms with Gasteiger partial charge in [-0.1, -0.05) is 18.2 Å². The minimum absolute atomic E-state index is 0. The van der Waals surface area contributed by atoms with Gasteiger partial charge in [-0.05, 0) is 61.1 Å². The largest absolute Gasteiger partial charge is 0.399 e. The van der Waals surface area contributed by atoms with Crippen LogP contribution in [-0.2, 0) is 6.54 Å². The topological polar surface area (TPSA) is 46.3 Å². The lowest BCUT2D eigenvalue weighted by molar-refractivity contribution is 0.0734. The number of halogens is 2. The molecule has 0 aromatic heterocycles. The summed E-state index contributed by atoms with van der Waals surface area (Å²) in [7, 11) is 0. The Morgan fingerprint density at radius 3 is 2.50 bits per heavy atom. The Kier molecular flexibility index (Phi) is 5.84. The second-order valence-electron chi connectivity index (χ2n) is 6.33. The van der Waals surface area contributed by atoms with E-state index in [0.717, 1.165) is 17.7 Å². The van der Waals surface area contributed by atoms with Gasteiger partial charge in [0.25, 0.3) is 5.91 Å². The van der Waals surface area contributed by atoms with Crippen LogP contribution in [0.4, 0.5) is 10.1 Å². The van der Waals surface area contributed by atoms with E-state index in [0.29, 0.717) is 23.7 Å². The van der Waals surface area contributed by atoms with Crippen LogP contribution >= 0.6 is 12.4 Å². The van der Waals surface area contributed by atoms with E-state index in [1.54, 1.807) is 24.3 Å². The first-order valence-electron chi connectivity index (χ1n) is 7.93. The normalized spacial score (nSPS) is 13.2. The summed E-state index contributed by atoms with van der Waals surface area (Å²) >= 11 is 0. The molecule has 0 radical (unpaired) electrons. The van der Waals surface area contributed by atoms with Crippen molar-refractivity contribution in [2.75, 3.05) is 12.3 Å². The summed E-state index contributed by atoms with van der Waals surface area (Å²) in [6, 6.07) is 11.7. The lowest BCUT2D eigenvalue weighted by Gasteiger charge is -2.24. The number of carbonyl (C=O) groups excluding carboxylic acids is 1. The summed E-state index contributed by atoms with van der Waals surface area (Å²) in [5.74, 6) is 0.312. The van der Waals surface area contributed by atoms with Gasteiger partial charge >= 0.3 is 0 Å². The molecule has 0 bridgehead atoms. The van der Waals surface area contributed by atoms with Crippen LogP contribution in [0.1, 0.15) is 34.3 Å². The van der Waals surface area contributed by atoms with E-state index in [2.05, 4.69) is 0 Å². The van der Waals surface area contributed by atoms with Gasteiger partial charge in [-0.25, -0.2) is 4.39 Å². The Balaban J connectivity index is 0.00000208. The smallest absolute Gasteiger partial charge is 0.254 e. The highest BCUT2D eigenvalue weighted by Crippen LogP contribution is 2.31. The fraction of sp³-hybridized carbons (Fsp3) is 0.316. The van der Waals surface area contributed by atoms with Gasteiger partial charge in [0.2, 0.25) is 0 Å². The molecule has 2 N–H and O–H groups in total. The van der Waals surface area contributed by atoms with Gasteiger partial charge in [-0.2, -0.15) is 0 Å². The van der Waals surface area contributed by atoms with E-state index in [1.807, 2.05) is 17.9 Å². The van der Waals surface area contributed by atoms with Gasteiger partial charge in [-0.3, -0.25) is 4.79 Å². The first-order chi connectivity index (χ1) is 11.0. The molecule has 1 saturated carbocycles. The second-order valence-corrected chi connectivity index (χ2v) is 6.33. The minimum Gasteiger partial charge on any atom is -0.399 e. The van der Waals surface area contributed by atoms with Gasteiger partial charge in [0.1, 0.15) is 5.82 Å². The monoisotopic (exact) mass is 348 g/mol. The molecule has 3 nitrogen and oxygen atoms in total. The van der Waals surface area contributed by atoms with Crippen molar-refractivity contribution in [3.05, 3.63) is 65.0 Å². The third-order valence-corrected chi connectivity index (χ3v) is 4.24. The molecule has 0 unspecified atom stereocenters. The summed E-state index contributed by atoms with van der Waals surface area (Å²) in [5, 5.41) is 0. The Labute approximate surface area is 148 Å². The average Bonchev–Trinajstić information content (AvgIpc) is 3.34. The maximum Gasteiger partial charge on any atom is 0.254 e. The van der Waals surface area contributed by atoms with Gasteiger partial charge in [0, 0.05) is 24.3 Å². The molecule has 0 spiro atoms. The van der Waals surface area contributed by atoms with Crippen LogP contribution in [0, 0.1) is 18.7 Å². The molecule has 3 rings (SSSR count). The van der Waals surface area contributed by atoms with E-state index in [4.69, 9.17) is 5.73 Å². The zero-order valence-corrected chi connectivity index (χ0v) is 14.5. The molecule has 1 aliphatic carbocycles. The number of carbonyl (C=O) groups is 1. The Bertz CT molecular complexity index is 714. The molecule has 0 heterocycles. The summed E-state index contributed by atoms with van der Waals surface area (Å²) in [5.41, 5.74) is 8.92. The molecule has 0 atom stereocenters. The number of benzene rings is 2. The number of nitrogens with two attached hydrogens (primary N) is 1. The average molecular weight is 349 g/mol. The Morgan fingerprint density at radius 2 is 1.88 bits per heavy atom. The quantitative estimate of drug-likeness (QED) is 0.823. The molecule has 0 aliphatic heterocycles. The van der Waals surface area contributed by atoms with Crippen molar-refractivity contribution < 1.29 is 9.18 Å². The molecule has 2 aromatic rings. The molecule has 0 saturated heterocycles. The van der Waals surface area contributed by atoms with Crippen LogP contribution in [0.5, 0.6) is 0 Å². The SMILES string of the molecule is Cc1ccc(N)cc1C(=O)N(Cc1ccc(F)cc1)CC1CC1.Cl. The zero-order valence-electron chi connectivity index (χ0n) is 13.7. The summed E-state index contributed by atoms with van der Waals surface area (Å²) in [6.45, 7) is 3.15. The number of anilines is 1. The fourth-order valence-corrected chi connectivity index (χ4v) is 2.68. The van der Waals surface area contributed by atoms with Crippen molar-refractivity contribution in [3.63, 3.8) is 0 Å². The number of nitrogen functional groups attached to an aromatic ring is 1. The van der Waals surface area contributed by atoms with Crippen LogP contribution in [-0.4, -0.2) is 17.4 Å². The van der Waals surface area contributed by atoms with E-state index in [-0.39, 0.29) is 24.1 Å². The summed E-state index contributed by atoms with van der Waals surface area (Å²) in [6.07, 6.45) is 2.34. The van der Waals surface area contributed by atoms with Gasteiger partial charge < -0.3 is 10.6 Å². The fourth-order valence-electron chi connectivity index (χ4n) is 2.68. The number of hydrogen-bond acceptors (Lipinski definition) is 2. The van der Waals surface area contributed by atoms with E-state index in [1.165, 1.54) is 25.0 Å². The second kappa shape index (κ2) is 7.67. The molecule has 5 heteroatoms. The molecule has 1 aliphatic rings. The Hall–Kier alpha value is -2.07. The van der Waals surface area contributed by atoms with Crippen LogP contribution < -0.4 is 5.73 Å². The van der Waals surface area contributed by atoms with Crippen molar-refractivity contribution >= 4 is 24.0 Å². The van der Waals surface area contributed by atoms with Crippen molar-refractivity contribution in [1.82, 2.24) is 4.90 Å². The third-order valence-electron chi connectivity index (χ3n) is 4.24. The number of aryl methyl sites for hydroxylation is 1. The van der Waals surface area contributed by atoms with Crippen molar-refractivity contribution in [2.45, 2.75) is 26.3 Å². The minimum atomic E-state index is -0.263. The van der Waals surface area contributed by atoms with Crippen molar-refractivity contribution in [1.29, 1.82) is 0 Å². The highest BCUT2D eigenvalue weighted by atomic mass is 35.5. The van der Waals surface area contributed by atoms with Crippen molar-refractivity contribution in [3.8, 4) is 0 Å². The van der Waals surface area contributed by atoms with Crippen molar-refractivity contribution in [2.24, 2.45) is 5.92 Å². The zero-order chi connectivity index (χ0) is 16.4. The van der Waals surface area contributed by atoms with Crippen LogP contribution in [0.15, 0.2) is 42.5 Å². The first-order valence-corrected chi connectivity index (χ1v) is 7.93. The van der Waals surface area contributed by atoms with Gasteiger partial charge in [0.05, 0.1) is 0 Å². The molecule has 24 heavy (non-hydrogen) atoms. The predicted molar refractivity (Wildman–Crippen MR) is 96.7 cm³/mol. The highest BCUT2D eigenvalue weighted by molar-refractivity contribution is 5.96. The maximum atomic E-state index is 13.1. The lowest BCUT2D eigenvalue weighted by Crippen LogP contribution is -2.33. The van der Waals surface area contributed by atoms with Crippen LogP contribution in [0.25, 0.3) is 0 Å². The Morgan fingerprint density at radius 1 is 1.21 bits per heavy atom. The molecular formula is C19H22ClFN2O. The number of rotatable bonds is 5. The van der Waals surface area contributed by atoms with Gasteiger partial charge in [0.15, 0.2) is 0 Å². The molecule has 1 amide bonds. The predicted octanol–water partition coefficient (Wildman–Crippen LogP) is 4.19. The summed E-state index contributed by atoms with van der Waals surface area (Å²) < 4.78 is 13.1. The molecular weight excluding hydrogens is 327 g/mol. The number of amides is 1. The third kappa shape index (κ3) is 4.48. The maximum absolute atomic E-state index is 13.1. The molecule has 128 valence electrons. The standard InChI is InChI=1S/C19H21FN2O.ClH/c1-13-2-9-17(21)10-18(13)19(23)22(11-14-3-4-14)12-15-5-7-16(20)8-6-15;/h2,5-10,14H,3-4,11-12,21H2,1H3;1H. The van der Waals surface area contributed by atoms with E-state index < -0.39 is 0 Å². The van der Waals surface area contributed by atoms with Crippen LogP contribution in [0.3, 0.4) is 0 Å². The molecule has 2 aromatic carbocycles. The van der Waals surface area contributed by atoms with E-state index in [9.17, 15) is 9.18 Å². The number of nitrogens with zero attached hydrogens (tertiary/aromatic N) is 1. The lowest BCUT2D eigenvalue weighted by atomic mass is 10.1. The molecule has 1 fully saturated rings.